The first kappa shape index (κ1) is 43.8. The summed E-state index contributed by atoms with van der Waals surface area (Å²) in [6.07, 6.45) is 1.67. The van der Waals surface area contributed by atoms with Crippen molar-refractivity contribution in [3.63, 3.8) is 0 Å². The number of benzene rings is 6. The molecule has 0 aromatic heterocycles. The lowest BCUT2D eigenvalue weighted by molar-refractivity contribution is -0.176. The monoisotopic (exact) mass is 746 g/mol. The standard InChI is InChI=1S/C16H10O5S.2C13H13N.CH4O.H2O2/c17-7-10-1-3-13(5-12(10)9-19)22-14-4-2-11(8-18)15(6-14)16(20)21;2*1-14-13-9-7-12(8-10-13)11-5-3-2-4-6-11;2*1-2/h1-9H,(H,20,21);2*2-10,14H,1H3;2H,1H3;1-2H. The lowest BCUT2D eigenvalue weighted by Crippen LogP contribution is -2.01. The van der Waals surface area contributed by atoms with E-state index in [-0.39, 0.29) is 16.7 Å². The van der Waals surface area contributed by atoms with Crippen LogP contribution in [0.2, 0.25) is 0 Å². The molecule has 0 saturated heterocycles. The smallest absolute Gasteiger partial charge is 0.336 e. The molecule has 6 N–H and O–H groups in total. The third-order valence-electron chi connectivity index (χ3n) is 7.49. The van der Waals surface area contributed by atoms with Crippen LogP contribution in [0.4, 0.5) is 11.4 Å². The highest BCUT2D eigenvalue weighted by atomic mass is 32.2. The van der Waals surface area contributed by atoms with Crippen LogP contribution in [-0.4, -0.2) is 66.8 Å². The van der Waals surface area contributed by atoms with Crippen molar-refractivity contribution < 1.29 is 39.9 Å². The summed E-state index contributed by atoms with van der Waals surface area (Å²) in [5.74, 6) is -1.19. The molecule has 0 aliphatic rings. The summed E-state index contributed by atoms with van der Waals surface area (Å²) in [6, 6.07) is 46.8. The molecule has 0 spiro atoms. The van der Waals surface area contributed by atoms with Gasteiger partial charge in [-0.05, 0) is 82.9 Å². The number of aliphatic hydroxyl groups excluding tert-OH is 1. The van der Waals surface area contributed by atoms with Gasteiger partial charge in [0.1, 0.15) is 0 Å². The van der Waals surface area contributed by atoms with Crippen LogP contribution in [0, 0.1) is 0 Å². The van der Waals surface area contributed by atoms with Crippen LogP contribution in [-0.2, 0) is 0 Å². The third-order valence-corrected chi connectivity index (χ3v) is 8.47. The van der Waals surface area contributed by atoms with Crippen LogP contribution in [0.5, 0.6) is 0 Å². The number of aldehydes is 3. The fraction of sp³-hybridized carbons (Fsp3) is 0.0698. The zero-order chi connectivity index (χ0) is 39.7. The van der Waals surface area contributed by atoms with Gasteiger partial charge in [0.2, 0.25) is 0 Å². The van der Waals surface area contributed by atoms with Gasteiger partial charge in [-0.3, -0.25) is 24.9 Å². The summed E-state index contributed by atoms with van der Waals surface area (Å²) in [6.45, 7) is 0. The van der Waals surface area contributed by atoms with E-state index < -0.39 is 5.97 Å². The first-order chi connectivity index (χ1) is 26.4. The topological polar surface area (TPSA) is 173 Å². The van der Waals surface area contributed by atoms with Crippen molar-refractivity contribution in [3.8, 4) is 22.3 Å². The van der Waals surface area contributed by atoms with E-state index in [1.165, 1.54) is 52.2 Å². The van der Waals surface area contributed by atoms with E-state index in [0.29, 0.717) is 34.2 Å². The molecule has 11 heteroatoms. The molecular formula is C43H42N2O8S. The number of hydrogen-bond acceptors (Lipinski definition) is 10. The Bertz CT molecular complexity index is 1940. The van der Waals surface area contributed by atoms with Crippen LogP contribution in [0.1, 0.15) is 41.4 Å². The molecule has 10 nitrogen and oxygen atoms in total. The van der Waals surface area contributed by atoms with Crippen molar-refractivity contribution in [2.24, 2.45) is 0 Å². The Hall–Kier alpha value is -6.37. The van der Waals surface area contributed by atoms with Crippen molar-refractivity contribution in [2.75, 3.05) is 31.8 Å². The summed E-state index contributed by atoms with van der Waals surface area (Å²) in [5.41, 5.74) is 7.89. The van der Waals surface area contributed by atoms with Crippen LogP contribution in [0.25, 0.3) is 22.3 Å². The molecule has 0 aliphatic carbocycles. The number of carboxylic acid groups (broad SMARTS) is 1. The highest BCUT2D eigenvalue weighted by molar-refractivity contribution is 7.99. The maximum Gasteiger partial charge on any atom is 0.336 e. The molecular weight excluding hydrogens is 705 g/mol. The number of aromatic carboxylic acids is 1. The van der Waals surface area contributed by atoms with E-state index in [1.807, 2.05) is 26.2 Å². The number of hydrogen-bond donors (Lipinski definition) is 6. The fourth-order valence-corrected chi connectivity index (χ4v) is 5.68. The van der Waals surface area contributed by atoms with Gasteiger partial charge in [-0.15, -0.1) is 0 Å². The predicted molar refractivity (Wildman–Crippen MR) is 216 cm³/mol. The Morgan fingerprint density at radius 2 is 0.870 bits per heavy atom. The second-order valence-electron chi connectivity index (χ2n) is 10.7. The molecule has 6 rings (SSSR count). The first-order valence-corrected chi connectivity index (χ1v) is 17.1. The molecule has 0 saturated carbocycles. The minimum Gasteiger partial charge on any atom is -0.478 e. The Morgan fingerprint density at radius 1 is 0.500 bits per heavy atom. The quantitative estimate of drug-likeness (QED) is 0.0448. The molecule has 278 valence electrons. The van der Waals surface area contributed by atoms with Gasteiger partial charge >= 0.3 is 5.97 Å². The van der Waals surface area contributed by atoms with Gasteiger partial charge in [0.25, 0.3) is 0 Å². The normalized spacial score (nSPS) is 9.37. The van der Waals surface area contributed by atoms with Crippen molar-refractivity contribution in [1.29, 1.82) is 0 Å². The van der Waals surface area contributed by atoms with E-state index in [2.05, 4.69) is 108 Å². The fourth-order valence-electron chi connectivity index (χ4n) is 4.77. The highest BCUT2D eigenvalue weighted by Gasteiger charge is 2.12. The van der Waals surface area contributed by atoms with Crippen molar-refractivity contribution >= 4 is 48.0 Å². The van der Waals surface area contributed by atoms with E-state index in [4.69, 9.17) is 20.7 Å². The zero-order valence-corrected chi connectivity index (χ0v) is 30.7. The second-order valence-corrected chi connectivity index (χ2v) is 11.8. The van der Waals surface area contributed by atoms with E-state index in [9.17, 15) is 19.2 Å². The zero-order valence-electron chi connectivity index (χ0n) is 29.9. The van der Waals surface area contributed by atoms with Gasteiger partial charge in [-0.25, -0.2) is 4.79 Å². The summed E-state index contributed by atoms with van der Waals surface area (Å²) >= 11 is 1.23. The number of carbonyl (C=O) groups excluding carboxylic acids is 3. The molecule has 0 aliphatic heterocycles. The Morgan fingerprint density at radius 3 is 1.24 bits per heavy atom. The molecule has 0 atom stereocenters. The molecule has 0 unspecified atom stereocenters. The van der Waals surface area contributed by atoms with Gasteiger partial charge in [-0.2, -0.15) is 0 Å². The van der Waals surface area contributed by atoms with Crippen molar-refractivity contribution in [2.45, 2.75) is 9.79 Å². The third kappa shape index (κ3) is 13.6. The van der Waals surface area contributed by atoms with Crippen molar-refractivity contribution in [1.82, 2.24) is 0 Å². The average molecular weight is 747 g/mol. The molecule has 0 radical (unpaired) electrons. The van der Waals surface area contributed by atoms with Gasteiger partial charge in [0.15, 0.2) is 18.9 Å². The second kappa shape index (κ2) is 24.8. The number of anilines is 2. The molecule has 0 heterocycles. The van der Waals surface area contributed by atoms with Crippen LogP contribution in [0.3, 0.4) is 0 Å². The Labute approximate surface area is 318 Å². The van der Waals surface area contributed by atoms with Crippen LogP contribution >= 0.6 is 11.8 Å². The van der Waals surface area contributed by atoms with E-state index >= 15 is 0 Å². The summed E-state index contributed by atoms with van der Waals surface area (Å²) in [7, 11) is 4.86. The Balaban J connectivity index is 0.000000276. The SMILES string of the molecule is CNc1ccc(-c2ccccc2)cc1.CNc1ccc(-c2ccccc2)cc1.CO.O=Cc1ccc(Sc2ccc(C=O)c(C(=O)O)c2)cc1C=O.OO. The minimum absolute atomic E-state index is 0.0832. The Kier molecular flexibility index (Phi) is 20.1. The lowest BCUT2D eigenvalue weighted by Gasteiger charge is -2.06. The van der Waals surface area contributed by atoms with E-state index in [0.717, 1.165) is 18.5 Å². The largest absolute Gasteiger partial charge is 0.478 e. The minimum atomic E-state index is -1.19. The summed E-state index contributed by atoms with van der Waals surface area (Å²) < 4.78 is 0. The van der Waals surface area contributed by atoms with Crippen LogP contribution < -0.4 is 10.6 Å². The molecule has 6 aromatic carbocycles. The molecule has 6 aromatic rings. The first-order valence-electron chi connectivity index (χ1n) is 16.2. The summed E-state index contributed by atoms with van der Waals surface area (Å²) in [4.78, 5) is 44.9. The van der Waals surface area contributed by atoms with Crippen molar-refractivity contribution in [3.05, 3.63) is 168 Å². The highest BCUT2D eigenvalue weighted by Crippen LogP contribution is 2.30. The number of aliphatic hydroxyl groups is 1. The van der Waals surface area contributed by atoms with Gasteiger partial charge in [0.05, 0.1) is 5.56 Å². The molecule has 0 bridgehead atoms. The van der Waals surface area contributed by atoms with Gasteiger partial charge < -0.3 is 20.8 Å². The van der Waals surface area contributed by atoms with Gasteiger partial charge in [-0.1, -0.05) is 96.7 Å². The van der Waals surface area contributed by atoms with Gasteiger partial charge in [0, 0.05) is 59.1 Å². The number of nitrogens with one attached hydrogen (secondary N) is 2. The van der Waals surface area contributed by atoms with Crippen LogP contribution in [0.15, 0.2) is 155 Å². The maximum absolute atomic E-state index is 11.1. The molecule has 54 heavy (non-hydrogen) atoms. The average Bonchev–Trinajstić information content (AvgIpc) is 3.26. The number of carboxylic acids is 1. The number of carbonyl (C=O) groups is 4. The maximum atomic E-state index is 11.1. The number of rotatable bonds is 10. The van der Waals surface area contributed by atoms with E-state index in [1.54, 1.807) is 18.2 Å². The lowest BCUT2D eigenvalue weighted by atomic mass is 10.1. The molecule has 0 amide bonds. The summed E-state index contributed by atoms with van der Waals surface area (Å²) in [5, 5.41) is 34.3. The predicted octanol–water partition coefficient (Wildman–Crippen LogP) is 9.39. The molecule has 0 fully saturated rings.